The summed E-state index contributed by atoms with van der Waals surface area (Å²) in [6.07, 6.45) is 0. The first-order valence-electron chi connectivity index (χ1n) is 5.90. The van der Waals surface area contributed by atoms with Gasteiger partial charge in [-0.2, -0.15) is 0 Å². The molecule has 0 saturated carbocycles. The molecule has 0 saturated heterocycles. The van der Waals surface area contributed by atoms with Gasteiger partial charge in [-0.05, 0) is 42.8 Å². The molecule has 0 bridgehead atoms. The minimum atomic E-state index is -0.587. The van der Waals surface area contributed by atoms with Crippen molar-refractivity contribution in [2.75, 3.05) is 5.32 Å². The summed E-state index contributed by atoms with van der Waals surface area (Å²) in [6, 6.07) is 8.19. The molecule has 5 nitrogen and oxygen atoms in total. The van der Waals surface area contributed by atoms with Gasteiger partial charge in [0.05, 0.1) is 4.92 Å². The van der Waals surface area contributed by atoms with E-state index < -0.39 is 16.6 Å². The molecule has 0 aliphatic heterocycles. The van der Waals surface area contributed by atoms with Crippen LogP contribution in [0.25, 0.3) is 0 Å². The van der Waals surface area contributed by atoms with Gasteiger partial charge >= 0.3 is 0 Å². The summed E-state index contributed by atoms with van der Waals surface area (Å²) in [4.78, 5) is 22.5. The summed E-state index contributed by atoms with van der Waals surface area (Å²) in [5.41, 5.74) is 0.408. The lowest BCUT2D eigenvalue weighted by Gasteiger charge is -2.07. The van der Waals surface area contributed by atoms with Crippen LogP contribution in [0.1, 0.15) is 15.9 Å². The van der Waals surface area contributed by atoms with Crippen LogP contribution in [0.5, 0.6) is 0 Å². The molecule has 0 aromatic heterocycles. The van der Waals surface area contributed by atoms with Crippen molar-refractivity contribution < 1.29 is 14.1 Å². The zero-order valence-electron chi connectivity index (χ0n) is 10.9. The topological polar surface area (TPSA) is 72.2 Å². The number of aryl methyl sites for hydroxylation is 1. The van der Waals surface area contributed by atoms with Gasteiger partial charge in [0.1, 0.15) is 11.5 Å². The van der Waals surface area contributed by atoms with E-state index in [-0.39, 0.29) is 16.9 Å². The number of benzene rings is 2. The number of nitrogens with one attached hydrogen (secondary N) is 1. The first-order chi connectivity index (χ1) is 9.88. The van der Waals surface area contributed by atoms with Crippen LogP contribution in [0.3, 0.4) is 0 Å². The van der Waals surface area contributed by atoms with Crippen molar-refractivity contribution in [3.05, 3.63) is 67.9 Å². The second-order valence-corrected chi connectivity index (χ2v) is 5.25. The first kappa shape index (κ1) is 15.1. The zero-order chi connectivity index (χ0) is 15.6. The second-order valence-electron chi connectivity index (χ2n) is 4.34. The van der Waals surface area contributed by atoms with Crippen molar-refractivity contribution in [1.82, 2.24) is 0 Å². The van der Waals surface area contributed by atoms with E-state index in [2.05, 4.69) is 21.2 Å². The Kier molecular flexibility index (Phi) is 4.32. The highest BCUT2D eigenvalue weighted by Crippen LogP contribution is 2.28. The van der Waals surface area contributed by atoms with Crippen LogP contribution in [-0.4, -0.2) is 10.8 Å². The molecule has 0 aliphatic carbocycles. The highest BCUT2D eigenvalue weighted by atomic mass is 79.9. The average molecular weight is 353 g/mol. The number of carbonyl (C=O) groups excluding carboxylic acids is 1. The van der Waals surface area contributed by atoms with Crippen molar-refractivity contribution in [3.8, 4) is 0 Å². The van der Waals surface area contributed by atoms with Gasteiger partial charge in [-0.1, -0.05) is 15.9 Å². The van der Waals surface area contributed by atoms with E-state index in [0.29, 0.717) is 10.0 Å². The van der Waals surface area contributed by atoms with Gasteiger partial charge in [-0.3, -0.25) is 14.9 Å². The molecular weight excluding hydrogens is 343 g/mol. The summed E-state index contributed by atoms with van der Waals surface area (Å²) in [6.45, 7) is 1.54. The van der Waals surface area contributed by atoms with E-state index >= 15 is 0 Å². The van der Waals surface area contributed by atoms with Crippen molar-refractivity contribution in [3.63, 3.8) is 0 Å². The molecule has 2 rings (SSSR count). The van der Waals surface area contributed by atoms with Crippen LogP contribution in [-0.2, 0) is 0 Å². The van der Waals surface area contributed by atoms with Crippen molar-refractivity contribution in [2.45, 2.75) is 6.92 Å². The Balaban J connectivity index is 2.31. The standard InChI is InChI=1S/C14H10BrFN2O3/c1-8-6-9(2-4-11(8)16)14(19)17-12-5-3-10(15)7-13(12)18(20)21/h2-7H,1H3,(H,17,19). The highest BCUT2D eigenvalue weighted by Gasteiger charge is 2.17. The van der Waals surface area contributed by atoms with Crippen LogP contribution in [0.4, 0.5) is 15.8 Å². The molecule has 2 aromatic carbocycles. The summed E-state index contributed by atoms with van der Waals surface area (Å²) in [5, 5.41) is 13.4. The Morgan fingerprint density at radius 3 is 2.62 bits per heavy atom. The molecule has 0 spiro atoms. The highest BCUT2D eigenvalue weighted by molar-refractivity contribution is 9.10. The lowest BCUT2D eigenvalue weighted by atomic mass is 10.1. The minimum absolute atomic E-state index is 0.0789. The molecular formula is C14H10BrFN2O3. The number of anilines is 1. The number of carbonyl (C=O) groups is 1. The van der Waals surface area contributed by atoms with Gasteiger partial charge in [0, 0.05) is 16.1 Å². The Morgan fingerprint density at radius 1 is 1.29 bits per heavy atom. The van der Waals surface area contributed by atoms with E-state index in [1.165, 1.54) is 37.3 Å². The zero-order valence-corrected chi connectivity index (χ0v) is 12.5. The first-order valence-corrected chi connectivity index (χ1v) is 6.69. The van der Waals surface area contributed by atoms with Crippen LogP contribution >= 0.6 is 15.9 Å². The van der Waals surface area contributed by atoms with E-state index in [1.807, 2.05) is 0 Å². The third-order valence-electron chi connectivity index (χ3n) is 2.82. The summed E-state index contributed by atoms with van der Waals surface area (Å²) < 4.78 is 13.7. The molecule has 21 heavy (non-hydrogen) atoms. The average Bonchev–Trinajstić information content (AvgIpc) is 2.43. The lowest BCUT2D eigenvalue weighted by molar-refractivity contribution is -0.384. The number of hydrogen-bond donors (Lipinski definition) is 1. The quantitative estimate of drug-likeness (QED) is 0.668. The van der Waals surface area contributed by atoms with Gasteiger partial charge in [0.2, 0.25) is 0 Å². The van der Waals surface area contributed by atoms with Gasteiger partial charge in [-0.15, -0.1) is 0 Å². The smallest absolute Gasteiger partial charge is 0.293 e. The Morgan fingerprint density at radius 2 is 2.00 bits per heavy atom. The second kappa shape index (κ2) is 6.01. The molecule has 0 fully saturated rings. The third-order valence-corrected chi connectivity index (χ3v) is 3.32. The largest absolute Gasteiger partial charge is 0.316 e. The molecule has 0 heterocycles. The van der Waals surface area contributed by atoms with Crippen molar-refractivity contribution >= 4 is 33.2 Å². The molecule has 0 radical (unpaired) electrons. The van der Waals surface area contributed by atoms with Gasteiger partial charge in [0.15, 0.2) is 0 Å². The summed E-state index contributed by atoms with van der Waals surface area (Å²) in [7, 11) is 0. The lowest BCUT2D eigenvalue weighted by Crippen LogP contribution is -2.13. The predicted molar refractivity (Wildman–Crippen MR) is 79.9 cm³/mol. The molecule has 108 valence electrons. The van der Waals surface area contributed by atoms with Gasteiger partial charge < -0.3 is 5.32 Å². The maximum atomic E-state index is 13.2. The van der Waals surface area contributed by atoms with E-state index in [9.17, 15) is 19.3 Å². The van der Waals surface area contributed by atoms with Crippen LogP contribution < -0.4 is 5.32 Å². The molecule has 0 atom stereocenters. The molecule has 7 heteroatoms. The summed E-state index contributed by atoms with van der Waals surface area (Å²) in [5.74, 6) is -0.954. The SMILES string of the molecule is Cc1cc(C(=O)Nc2ccc(Br)cc2[N+](=O)[O-])ccc1F. The number of nitro groups is 1. The number of nitrogens with zero attached hydrogens (tertiary/aromatic N) is 1. The van der Waals surface area contributed by atoms with E-state index in [1.54, 1.807) is 6.07 Å². The van der Waals surface area contributed by atoms with Crippen molar-refractivity contribution in [1.29, 1.82) is 0 Å². The number of rotatable bonds is 3. The van der Waals surface area contributed by atoms with Crippen molar-refractivity contribution in [2.24, 2.45) is 0 Å². The van der Waals surface area contributed by atoms with Gasteiger partial charge in [0.25, 0.3) is 11.6 Å². The number of halogens is 2. The van der Waals surface area contributed by atoms with Crippen LogP contribution in [0, 0.1) is 22.9 Å². The number of amides is 1. The fourth-order valence-corrected chi connectivity index (χ4v) is 2.09. The fraction of sp³-hybridized carbons (Fsp3) is 0.0714. The fourth-order valence-electron chi connectivity index (χ4n) is 1.74. The van der Waals surface area contributed by atoms with E-state index in [4.69, 9.17) is 0 Å². The van der Waals surface area contributed by atoms with E-state index in [0.717, 1.165) is 0 Å². The minimum Gasteiger partial charge on any atom is -0.316 e. The maximum absolute atomic E-state index is 13.2. The Labute approximate surface area is 128 Å². The Hall–Kier alpha value is -2.28. The molecule has 2 aromatic rings. The van der Waals surface area contributed by atoms with Crippen LogP contribution in [0.2, 0.25) is 0 Å². The normalized spacial score (nSPS) is 10.2. The maximum Gasteiger partial charge on any atom is 0.293 e. The molecule has 1 N–H and O–H groups in total. The third kappa shape index (κ3) is 3.43. The predicted octanol–water partition coefficient (Wildman–Crippen LogP) is 4.06. The van der Waals surface area contributed by atoms with Crippen LogP contribution in [0.15, 0.2) is 40.9 Å². The molecule has 0 unspecified atom stereocenters. The number of hydrogen-bond acceptors (Lipinski definition) is 3. The Bertz CT molecular complexity index is 734. The summed E-state index contributed by atoms with van der Waals surface area (Å²) >= 11 is 3.13. The molecule has 0 aliphatic rings. The monoisotopic (exact) mass is 352 g/mol. The number of nitro benzene ring substituents is 1. The van der Waals surface area contributed by atoms with Gasteiger partial charge in [-0.25, -0.2) is 4.39 Å². The molecule has 1 amide bonds.